The van der Waals surface area contributed by atoms with Gasteiger partial charge in [-0.05, 0) is 73.1 Å². The van der Waals surface area contributed by atoms with E-state index in [0.29, 0.717) is 36.3 Å². The van der Waals surface area contributed by atoms with Crippen LogP contribution in [0.1, 0.15) is 82.8 Å². The van der Waals surface area contributed by atoms with E-state index >= 15 is 0 Å². The number of hydrogen-bond acceptors (Lipinski definition) is 10. The van der Waals surface area contributed by atoms with Gasteiger partial charge in [0.15, 0.2) is 12.2 Å². The van der Waals surface area contributed by atoms with Gasteiger partial charge in [0.05, 0.1) is 10.3 Å². The molecule has 4 saturated carbocycles. The van der Waals surface area contributed by atoms with Crippen molar-refractivity contribution in [1.82, 2.24) is 0 Å². The van der Waals surface area contributed by atoms with Crippen LogP contribution in [0.25, 0.3) is 0 Å². The van der Waals surface area contributed by atoms with Gasteiger partial charge in [-0.2, -0.15) is 8.42 Å². The van der Waals surface area contributed by atoms with Crippen LogP contribution in [0.5, 0.6) is 5.75 Å². The summed E-state index contributed by atoms with van der Waals surface area (Å²) in [6.45, 7) is 7.21. The summed E-state index contributed by atoms with van der Waals surface area (Å²) in [6, 6.07) is 2.57. The quantitative estimate of drug-likeness (QED) is 0.272. The maximum atomic E-state index is 13.9. The van der Waals surface area contributed by atoms with Crippen molar-refractivity contribution in [3.05, 3.63) is 23.3 Å². The highest BCUT2D eigenvalue weighted by Gasteiger charge is 2.72. The first-order chi connectivity index (χ1) is 20.2. The van der Waals surface area contributed by atoms with Crippen molar-refractivity contribution in [2.45, 2.75) is 101 Å². The number of ether oxygens (including phenoxy) is 4. The van der Waals surface area contributed by atoms with E-state index in [1.165, 1.54) is 12.1 Å². The summed E-state index contributed by atoms with van der Waals surface area (Å²) in [4.78, 5) is 53.0. The molecule has 7 aliphatic rings. The minimum atomic E-state index is -4.52. The Morgan fingerprint density at radius 1 is 0.953 bits per heavy atom. The Morgan fingerprint density at radius 2 is 1.56 bits per heavy atom. The molecule has 3 saturated heterocycles. The number of carbonyl (C=O) groups excluding carboxylic acids is 4. The Hall–Kier alpha value is -2.83. The van der Waals surface area contributed by atoms with Crippen LogP contribution in [0.3, 0.4) is 0 Å². The van der Waals surface area contributed by atoms with Gasteiger partial charge >= 0.3 is 17.9 Å². The van der Waals surface area contributed by atoms with Gasteiger partial charge in [-0.1, -0.05) is 27.7 Å². The predicted octanol–water partition coefficient (Wildman–Crippen LogP) is 3.33. The zero-order valence-electron chi connectivity index (χ0n) is 24.5. The third-order valence-electron chi connectivity index (χ3n) is 10.7. The fourth-order valence-corrected chi connectivity index (χ4v) is 9.48. The second kappa shape index (κ2) is 9.58. The van der Waals surface area contributed by atoms with Gasteiger partial charge in [-0.25, -0.2) is 0 Å². The van der Waals surface area contributed by atoms with Crippen LogP contribution >= 0.6 is 0 Å². The van der Waals surface area contributed by atoms with Crippen LogP contribution in [0.2, 0.25) is 0 Å². The lowest BCUT2D eigenvalue weighted by Gasteiger charge is -2.54. The van der Waals surface area contributed by atoms with E-state index in [2.05, 4.69) is 0 Å². The molecular weight excluding hydrogens is 580 g/mol. The second-order valence-corrected chi connectivity index (χ2v) is 15.5. The zero-order chi connectivity index (χ0) is 30.7. The average molecular weight is 617 g/mol. The maximum Gasteiger partial charge on any atom is 0.318 e. The van der Waals surface area contributed by atoms with E-state index in [1.54, 1.807) is 27.7 Å². The third kappa shape index (κ3) is 4.30. The number of esters is 3. The Bertz CT molecular complexity index is 1500. The third-order valence-corrected chi connectivity index (χ3v) is 11.5. The molecule has 3 aliphatic heterocycles. The Kier molecular flexibility index (Phi) is 6.44. The van der Waals surface area contributed by atoms with Crippen LogP contribution in [0, 0.1) is 35.0 Å². The van der Waals surface area contributed by atoms with Crippen molar-refractivity contribution in [2.75, 3.05) is 0 Å². The van der Waals surface area contributed by atoms with Gasteiger partial charge in [0, 0.05) is 11.8 Å². The van der Waals surface area contributed by atoms with E-state index in [1.807, 2.05) is 0 Å². The number of Topliss-reactive ketones (excluding diaryl/α,β-unsaturated/α-hetero) is 1. The smallest absolute Gasteiger partial charge is 0.318 e. The minimum absolute atomic E-state index is 0.121. The normalized spacial score (nSPS) is 38.7. The molecule has 0 radical (unpaired) electrons. The van der Waals surface area contributed by atoms with Gasteiger partial charge in [0.1, 0.15) is 35.6 Å². The van der Waals surface area contributed by atoms with E-state index in [4.69, 9.17) is 18.9 Å². The van der Waals surface area contributed by atoms with Gasteiger partial charge in [-0.3, -0.25) is 23.7 Å². The predicted molar refractivity (Wildman–Crippen MR) is 146 cm³/mol. The molecule has 1 N–H and O–H groups in total. The summed E-state index contributed by atoms with van der Waals surface area (Å²) in [5, 5.41) is 0. The first-order valence-electron chi connectivity index (χ1n) is 15.2. The summed E-state index contributed by atoms with van der Waals surface area (Å²) < 4.78 is 57.5. The van der Waals surface area contributed by atoms with Gasteiger partial charge in [0.2, 0.25) is 0 Å². The molecule has 8 unspecified atom stereocenters. The van der Waals surface area contributed by atoms with Crippen molar-refractivity contribution >= 4 is 33.8 Å². The summed E-state index contributed by atoms with van der Waals surface area (Å²) >= 11 is 0. The molecule has 0 amide bonds. The summed E-state index contributed by atoms with van der Waals surface area (Å²) in [7, 11) is -4.52. The van der Waals surface area contributed by atoms with Gasteiger partial charge in [-0.15, -0.1) is 0 Å². The largest absolute Gasteiger partial charge is 0.455 e. The number of ketones is 1. The topological polar surface area (TPSA) is 160 Å². The van der Waals surface area contributed by atoms with Crippen LogP contribution in [-0.2, 0) is 43.5 Å². The lowest BCUT2D eigenvalue weighted by Crippen LogP contribution is -2.56. The van der Waals surface area contributed by atoms with Crippen LogP contribution in [-0.4, -0.2) is 61.1 Å². The lowest BCUT2D eigenvalue weighted by molar-refractivity contribution is -0.186. The van der Waals surface area contributed by atoms with Crippen molar-refractivity contribution in [1.29, 1.82) is 0 Å². The van der Waals surface area contributed by atoms with Crippen LogP contribution in [0.4, 0.5) is 0 Å². The number of fused-ring (bicyclic) bond motifs is 1. The molecule has 8 rings (SSSR count). The highest BCUT2D eigenvalue weighted by Crippen LogP contribution is 2.60. The summed E-state index contributed by atoms with van der Waals surface area (Å²) in [6.07, 6.45) is -0.293. The SMILES string of the molecule is CC(C)c1cc(S(=O)(=O)O)cc(C(C)C)c1OC(=O)C1C2OC3C(OC(=O)C31)C2OC(=O)C12CC3CC(C1)C(=O)C(C3)C2. The fraction of sp³-hybridized carbons (Fsp3) is 0.677. The van der Waals surface area contributed by atoms with E-state index in [-0.39, 0.29) is 40.1 Å². The highest BCUT2D eigenvalue weighted by molar-refractivity contribution is 7.85. The molecule has 4 aliphatic carbocycles. The highest BCUT2D eigenvalue weighted by atomic mass is 32.2. The minimum Gasteiger partial charge on any atom is -0.455 e. The molecule has 7 fully saturated rings. The average Bonchev–Trinajstić information content (AvgIpc) is 3.54. The molecule has 1 aromatic carbocycles. The second-order valence-electron chi connectivity index (χ2n) is 14.1. The molecule has 11 nitrogen and oxygen atoms in total. The lowest BCUT2D eigenvalue weighted by atomic mass is 9.49. The van der Waals surface area contributed by atoms with E-state index < -0.39 is 69.7 Å². The van der Waals surface area contributed by atoms with Crippen LogP contribution < -0.4 is 4.74 Å². The van der Waals surface area contributed by atoms with Crippen molar-refractivity contribution in [3.8, 4) is 5.75 Å². The maximum absolute atomic E-state index is 13.9. The van der Waals surface area contributed by atoms with Gasteiger partial charge < -0.3 is 18.9 Å². The first-order valence-corrected chi connectivity index (χ1v) is 16.6. The standard InChI is InChI=1S/C31H36O11S/c1-12(2)18-7-17(43(36,37)38)8-19(13(3)4)23(18)40-28(33)21-20-24-26(41-29(20)34)27(25(21)39-24)42-30(35)31-9-14-5-15(10-31)22(32)16(6-14)11-31/h7-8,12-16,20-21,24-27H,5-6,9-11H2,1-4H3,(H,36,37,38). The van der Waals surface area contributed by atoms with E-state index in [9.17, 15) is 32.1 Å². The van der Waals surface area contributed by atoms with Gasteiger partial charge in [0.25, 0.3) is 10.1 Å². The molecule has 232 valence electrons. The molecule has 1 aromatic rings. The fourth-order valence-electron chi connectivity index (χ4n) is 8.92. The molecule has 8 atom stereocenters. The Balaban J connectivity index is 1.17. The van der Waals surface area contributed by atoms with Crippen molar-refractivity contribution in [3.63, 3.8) is 0 Å². The summed E-state index contributed by atoms with van der Waals surface area (Å²) in [5.41, 5.74) is 0.0575. The number of hydrogen-bond donors (Lipinski definition) is 1. The number of benzene rings is 1. The molecule has 12 heteroatoms. The van der Waals surface area contributed by atoms with E-state index in [0.717, 1.165) is 12.8 Å². The number of carbonyl (C=O) groups is 4. The Labute approximate surface area is 249 Å². The molecule has 3 heterocycles. The molecule has 6 bridgehead atoms. The number of rotatable bonds is 7. The molecule has 0 spiro atoms. The monoisotopic (exact) mass is 616 g/mol. The molecule has 0 aromatic heterocycles. The molecular formula is C31H36O11S. The van der Waals surface area contributed by atoms with Crippen molar-refractivity contribution in [2.24, 2.45) is 35.0 Å². The summed E-state index contributed by atoms with van der Waals surface area (Å²) in [5.74, 6) is -3.89. The first kappa shape index (κ1) is 28.9. The van der Waals surface area contributed by atoms with Crippen LogP contribution in [0.15, 0.2) is 17.0 Å². The molecule has 43 heavy (non-hydrogen) atoms. The zero-order valence-corrected chi connectivity index (χ0v) is 25.3. The van der Waals surface area contributed by atoms with Crippen molar-refractivity contribution < 1.29 is 51.1 Å². The Morgan fingerprint density at radius 3 is 2.12 bits per heavy atom.